The SMILES string of the molecule is Cc1ccc([C@@H](C)N[S@@](=O)C(C)(C)C)nn1. The average Bonchev–Trinajstić information content (AvgIpc) is 2.17. The lowest BCUT2D eigenvalue weighted by molar-refractivity contribution is 0.608. The molecule has 90 valence electrons. The lowest BCUT2D eigenvalue weighted by atomic mass is 10.2. The monoisotopic (exact) mass is 241 g/mol. The molecule has 16 heavy (non-hydrogen) atoms. The fourth-order valence-corrected chi connectivity index (χ4v) is 1.83. The van der Waals surface area contributed by atoms with Crippen molar-refractivity contribution in [2.24, 2.45) is 0 Å². The van der Waals surface area contributed by atoms with Gasteiger partial charge in [-0.15, -0.1) is 0 Å². The van der Waals surface area contributed by atoms with E-state index in [9.17, 15) is 4.21 Å². The van der Waals surface area contributed by atoms with Gasteiger partial charge in [0.2, 0.25) is 0 Å². The van der Waals surface area contributed by atoms with E-state index >= 15 is 0 Å². The fourth-order valence-electron chi connectivity index (χ4n) is 1.04. The van der Waals surface area contributed by atoms with Crippen LogP contribution in [0.4, 0.5) is 0 Å². The van der Waals surface area contributed by atoms with E-state index in [0.717, 1.165) is 11.4 Å². The molecular weight excluding hydrogens is 222 g/mol. The standard InChI is InChI=1S/C11H19N3OS/c1-8-6-7-10(13-12-8)9(2)14-16(15)11(3,4)5/h6-7,9,14H,1-5H3/t9-,16+/m1/s1. The number of hydrogen-bond donors (Lipinski definition) is 1. The van der Waals surface area contributed by atoms with Crippen LogP contribution in [0.3, 0.4) is 0 Å². The van der Waals surface area contributed by atoms with Crippen LogP contribution in [0.5, 0.6) is 0 Å². The van der Waals surface area contributed by atoms with Crippen LogP contribution >= 0.6 is 0 Å². The van der Waals surface area contributed by atoms with Gasteiger partial charge >= 0.3 is 0 Å². The first kappa shape index (κ1) is 13.3. The largest absolute Gasteiger partial charge is 0.242 e. The van der Waals surface area contributed by atoms with Gasteiger partial charge in [0, 0.05) is 0 Å². The lowest BCUT2D eigenvalue weighted by Gasteiger charge is -2.21. The fraction of sp³-hybridized carbons (Fsp3) is 0.636. The molecule has 0 bridgehead atoms. The van der Waals surface area contributed by atoms with Crippen molar-refractivity contribution >= 4 is 11.0 Å². The van der Waals surface area contributed by atoms with Gasteiger partial charge in [0.1, 0.15) is 0 Å². The predicted octanol–water partition coefficient (Wildman–Crippen LogP) is 1.90. The van der Waals surface area contributed by atoms with Gasteiger partial charge in [-0.3, -0.25) is 0 Å². The van der Waals surface area contributed by atoms with Crippen LogP contribution in [-0.4, -0.2) is 19.2 Å². The topological polar surface area (TPSA) is 54.9 Å². The quantitative estimate of drug-likeness (QED) is 0.879. The molecule has 5 heteroatoms. The van der Waals surface area contributed by atoms with Crippen LogP contribution in [0.15, 0.2) is 12.1 Å². The molecule has 0 fully saturated rings. The molecule has 0 saturated heterocycles. The maximum Gasteiger partial charge on any atom is 0.0976 e. The van der Waals surface area contributed by atoms with Crippen molar-refractivity contribution in [3.8, 4) is 0 Å². The van der Waals surface area contributed by atoms with Crippen molar-refractivity contribution in [3.05, 3.63) is 23.5 Å². The second-order valence-corrected chi connectivity index (χ2v) is 6.82. The molecule has 0 amide bonds. The van der Waals surface area contributed by atoms with Gasteiger partial charge in [-0.05, 0) is 46.8 Å². The van der Waals surface area contributed by atoms with E-state index in [4.69, 9.17) is 0 Å². The first-order chi connectivity index (χ1) is 7.30. The summed E-state index contributed by atoms with van der Waals surface area (Å²) in [6, 6.07) is 3.74. The van der Waals surface area contributed by atoms with Crippen molar-refractivity contribution in [2.45, 2.75) is 45.4 Å². The number of rotatable bonds is 3. The summed E-state index contributed by atoms with van der Waals surface area (Å²) < 4.78 is 14.6. The van der Waals surface area contributed by atoms with Gasteiger partial charge in [-0.25, -0.2) is 8.93 Å². The zero-order valence-corrected chi connectivity index (χ0v) is 11.3. The Morgan fingerprint density at radius 3 is 2.38 bits per heavy atom. The van der Waals surface area contributed by atoms with Crippen LogP contribution in [-0.2, 0) is 11.0 Å². The molecule has 0 spiro atoms. The Morgan fingerprint density at radius 2 is 1.94 bits per heavy atom. The molecule has 0 saturated carbocycles. The van der Waals surface area contributed by atoms with E-state index in [0.29, 0.717) is 0 Å². The summed E-state index contributed by atoms with van der Waals surface area (Å²) in [5.41, 5.74) is 1.69. The van der Waals surface area contributed by atoms with E-state index in [1.807, 2.05) is 46.8 Å². The van der Waals surface area contributed by atoms with Crippen molar-refractivity contribution in [3.63, 3.8) is 0 Å². The van der Waals surface area contributed by atoms with E-state index < -0.39 is 11.0 Å². The highest BCUT2D eigenvalue weighted by molar-refractivity contribution is 7.84. The molecule has 0 aliphatic carbocycles. The molecule has 1 aromatic rings. The minimum Gasteiger partial charge on any atom is -0.242 e. The molecule has 1 heterocycles. The number of hydrogen-bond acceptors (Lipinski definition) is 3. The zero-order chi connectivity index (χ0) is 12.3. The van der Waals surface area contributed by atoms with E-state index in [2.05, 4.69) is 14.9 Å². The van der Waals surface area contributed by atoms with Gasteiger partial charge in [0.25, 0.3) is 0 Å². The Morgan fingerprint density at radius 1 is 1.31 bits per heavy atom. The molecule has 4 nitrogen and oxygen atoms in total. The molecule has 1 N–H and O–H groups in total. The summed E-state index contributed by atoms with van der Waals surface area (Å²) in [5, 5.41) is 8.05. The molecule has 0 aromatic carbocycles. The highest BCUT2D eigenvalue weighted by atomic mass is 32.2. The number of nitrogens with zero attached hydrogens (tertiary/aromatic N) is 2. The van der Waals surface area contributed by atoms with E-state index in [1.54, 1.807) is 0 Å². The number of aryl methyl sites for hydroxylation is 1. The van der Waals surface area contributed by atoms with Crippen LogP contribution < -0.4 is 4.72 Å². The van der Waals surface area contributed by atoms with Crippen molar-refractivity contribution in [1.82, 2.24) is 14.9 Å². The highest BCUT2D eigenvalue weighted by Gasteiger charge is 2.22. The van der Waals surface area contributed by atoms with E-state index in [1.165, 1.54) is 0 Å². The molecule has 1 rings (SSSR count). The zero-order valence-electron chi connectivity index (χ0n) is 10.4. The third-order valence-corrected chi connectivity index (χ3v) is 3.78. The van der Waals surface area contributed by atoms with Crippen molar-refractivity contribution < 1.29 is 4.21 Å². The summed E-state index contributed by atoms with van der Waals surface area (Å²) in [6.45, 7) is 9.63. The van der Waals surface area contributed by atoms with Gasteiger partial charge < -0.3 is 0 Å². The van der Waals surface area contributed by atoms with Gasteiger partial charge in [0.15, 0.2) is 0 Å². The van der Waals surface area contributed by atoms with Crippen LogP contribution in [0.1, 0.15) is 45.1 Å². The third kappa shape index (κ3) is 3.64. The highest BCUT2D eigenvalue weighted by Crippen LogP contribution is 2.14. The summed E-state index contributed by atoms with van der Waals surface area (Å²) in [7, 11) is -1.09. The maximum atomic E-state index is 11.9. The predicted molar refractivity (Wildman–Crippen MR) is 66.2 cm³/mol. The molecular formula is C11H19N3OS. The Kier molecular flexibility index (Phi) is 4.15. The van der Waals surface area contributed by atoms with Crippen LogP contribution in [0.2, 0.25) is 0 Å². The van der Waals surface area contributed by atoms with Gasteiger partial charge in [0.05, 0.1) is 33.2 Å². The van der Waals surface area contributed by atoms with Gasteiger partial charge in [-0.1, -0.05) is 0 Å². The average molecular weight is 241 g/mol. The second-order valence-electron chi connectivity index (χ2n) is 4.82. The Bertz CT molecular complexity index is 370. The van der Waals surface area contributed by atoms with Gasteiger partial charge in [-0.2, -0.15) is 10.2 Å². The lowest BCUT2D eigenvalue weighted by Crippen LogP contribution is -2.35. The Labute approximate surface area is 99.5 Å². The third-order valence-electron chi connectivity index (χ3n) is 2.10. The second kappa shape index (κ2) is 5.01. The summed E-state index contributed by atoms with van der Waals surface area (Å²) in [4.78, 5) is 0. The molecule has 1 aromatic heterocycles. The number of aromatic nitrogens is 2. The molecule has 0 radical (unpaired) electrons. The van der Waals surface area contributed by atoms with Crippen LogP contribution in [0.25, 0.3) is 0 Å². The minimum absolute atomic E-state index is 0.0619. The summed E-state index contributed by atoms with van der Waals surface area (Å²) in [6.07, 6.45) is 0. The van der Waals surface area contributed by atoms with Crippen molar-refractivity contribution in [2.75, 3.05) is 0 Å². The Hall–Kier alpha value is -0.810. The minimum atomic E-state index is -1.09. The van der Waals surface area contributed by atoms with E-state index in [-0.39, 0.29) is 10.8 Å². The number of nitrogens with one attached hydrogen (secondary N) is 1. The molecule has 0 aliphatic rings. The van der Waals surface area contributed by atoms with Crippen molar-refractivity contribution in [1.29, 1.82) is 0 Å². The Balaban J connectivity index is 2.69. The van der Waals surface area contributed by atoms with Crippen LogP contribution in [0, 0.1) is 6.92 Å². The molecule has 0 unspecified atom stereocenters. The molecule has 0 aliphatic heterocycles. The summed E-state index contributed by atoms with van der Waals surface area (Å²) >= 11 is 0. The normalized spacial score (nSPS) is 15.8. The smallest absolute Gasteiger partial charge is 0.0976 e. The first-order valence-electron chi connectivity index (χ1n) is 5.29. The summed E-state index contributed by atoms with van der Waals surface area (Å²) in [5.74, 6) is 0. The first-order valence-corrected chi connectivity index (χ1v) is 6.44. The maximum absolute atomic E-state index is 11.9. The molecule has 2 atom stereocenters.